The van der Waals surface area contributed by atoms with E-state index in [4.69, 9.17) is 9.57 Å². The first-order valence-electron chi connectivity index (χ1n) is 14.7. The van der Waals surface area contributed by atoms with Crippen LogP contribution in [0.4, 0.5) is 5.69 Å². The molecule has 1 aliphatic carbocycles. The van der Waals surface area contributed by atoms with E-state index >= 15 is 0 Å². The van der Waals surface area contributed by atoms with Gasteiger partial charge in [-0.05, 0) is 53.7 Å². The Kier molecular flexibility index (Phi) is 8.10. The summed E-state index contributed by atoms with van der Waals surface area (Å²) in [6.07, 6.45) is 7.92. The van der Waals surface area contributed by atoms with Gasteiger partial charge < -0.3 is 14.5 Å². The Bertz CT molecular complexity index is 1500. The fourth-order valence-corrected chi connectivity index (χ4v) is 7.72. The van der Waals surface area contributed by atoms with Gasteiger partial charge in [-0.2, -0.15) is 8.42 Å². The molecule has 3 aliphatic heterocycles. The van der Waals surface area contributed by atoms with Crippen LogP contribution in [-0.2, 0) is 24.6 Å². The van der Waals surface area contributed by atoms with Gasteiger partial charge in [-0.15, -0.1) is 0 Å². The maximum absolute atomic E-state index is 13.9. The third-order valence-electron chi connectivity index (χ3n) is 9.17. The Hall–Kier alpha value is -3.25. The van der Waals surface area contributed by atoms with Crippen LogP contribution in [0.5, 0.6) is 0 Å². The summed E-state index contributed by atoms with van der Waals surface area (Å²) in [7, 11) is -1.75. The van der Waals surface area contributed by atoms with Crippen LogP contribution in [0.3, 0.4) is 0 Å². The number of hydrogen-bond acceptors (Lipinski definition) is 7. The summed E-state index contributed by atoms with van der Waals surface area (Å²) in [6.45, 7) is 2.54. The first-order chi connectivity index (χ1) is 20.3. The van der Waals surface area contributed by atoms with Crippen molar-refractivity contribution >= 4 is 33.8 Å². The molecular formula is C31H38N4O6S. The van der Waals surface area contributed by atoms with Gasteiger partial charge in [-0.3, -0.25) is 14.4 Å². The van der Waals surface area contributed by atoms with Crippen molar-refractivity contribution in [2.75, 3.05) is 51.9 Å². The minimum atomic E-state index is -4.17. The standard InChI is InChI=1S/C31H38N4O6S/c1-33(40-2)42(38,39)32-30(36)23-12-13-26-27(19-23)35-20-24(31(37)34-14-16-41-17-15-34)18-22-10-6-7-11-25(22)29(35)28(26)21-8-4-3-5-9-21/h6-7,10-13,18-19,21,28-29H,3-5,8-9,14-17,20H2,1-2H3,(H,32,36). The van der Waals surface area contributed by atoms with Gasteiger partial charge in [0.1, 0.15) is 0 Å². The van der Waals surface area contributed by atoms with E-state index in [1.54, 1.807) is 12.1 Å². The van der Waals surface area contributed by atoms with Gasteiger partial charge >= 0.3 is 10.2 Å². The molecule has 2 aromatic rings. The highest BCUT2D eigenvalue weighted by Crippen LogP contribution is 2.56. The Labute approximate surface area is 247 Å². The minimum absolute atomic E-state index is 0.000914. The number of anilines is 1. The Morgan fingerprint density at radius 2 is 1.76 bits per heavy atom. The highest BCUT2D eigenvalue weighted by atomic mass is 32.2. The maximum Gasteiger partial charge on any atom is 0.326 e. The van der Waals surface area contributed by atoms with E-state index in [1.165, 1.54) is 39.0 Å². The van der Waals surface area contributed by atoms with Gasteiger partial charge in [-0.1, -0.05) is 54.1 Å². The van der Waals surface area contributed by atoms with Crippen molar-refractivity contribution in [3.63, 3.8) is 0 Å². The Morgan fingerprint density at radius 1 is 1.02 bits per heavy atom. The fraction of sp³-hybridized carbons (Fsp3) is 0.484. The zero-order chi connectivity index (χ0) is 29.4. The summed E-state index contributed by atoms with van der Waals surface area (Å²) in [6, 6.07) is 13.8. The van der Waals surface area contributed by atoms with Crippen molar-refractivity contribution in [1.82, 2.24) is 14.1 Å². The highest BCUT2D eigenvalue weighted by molar-refractivity contribution is 7.87. The van der Waals surface area contributed by atoms with Crippen LogP contribution in [0.25, 0.3) is 6.08 Å². The second kappa shape index (κ2) is 11.8. The van der Waals surface area contributed by atoms with Crippen molar-refractivity contribution in [2.24, 2.45) is 5.92 Å². The van der Waals surface area contributed by atoms with Crippen LogP contribution in [0.2, 0.25) is 0 Å². The molecule has 11 heteroatoms. The number of ether oxygens (including phenoxy) is 1. The molecule has 1 saturated carbocycles. The number of hydrogen-bond donors (Lipinski definition) is 1. The molecule has 2 fully saturated rings. The summed E-state index contributed by atoms with van der Waals surface area (Å²) in [4.78, 5) is 36.0. The Balaban J connectivity index is 1.43. The molecular weight excluding hydrogens is 556 g/mol. The zero-order valence-corrected chi connectivity index (χ0v) is 24.9. The number of nitrogens with one attached hydrogen (secondary N) is 1. The summed E-state index contributed by atoms with van der Waals surface area (Å²) >= 11 is 0. The topological polar surface area (TPSA) is 108 Å². The van der Waals surface area contributed by atoms with Gasteiger partial charge in [0.2, 0.25) is 0 Å². The molecule has 1 N–H and O–H groups in total. The third-order valence-corrected chi connectivity index (χ3v) is 10.4. The average molecular weight is 595 g/mol. The van der Waals surface area contributed by atoms with Crippen LogP contribution in [0.1, 0.15) is 71.1 Å². The lowest BCUT2D eigenvalue weighted by atomic mass is 9.73. The molecule has 10 nitrogen and oxygen atoms in total. The molecule has 6 rings (SSSR count). The summed E-state index contributed by atoms with van der Waals surface area (Å²) < 4.78 is 33.2. The van der Waals surface area contributed by atoms with Gasteiger partial charge in [0.25, 0.3) is 11.8 Å². The first-order valence-corrected chi connectivity index (χ1v) is 16.1. The molecule has 224 valence electrons. The molecule has 4 aliphatic rings. The van der Waals surface area contributed by atoms with Crippen molar-refractivity contribution in [1.29, 1.82) is 0 Å². The highest BCUT2D eigenvalue weighted by Gasteiger charge is 2.46. The SMILES string of the molecule is CON(C)S(=O)(=O)NC(=O)c1ccc2c(c1)N1CC(C(=O)N3CCOCC3)=Cc3ccccc3C1C2C1CCCCC1. The van der Waals surface area contributed by atoms with Crippen LogP contribution < -0.4 is 9.62 Å². The average Bonchev–Trinajstić information content (AvgIpc) is 3.23. The molecule has 42 heavy (non-hydrogen) atoms. The van der Waals surface area contributed by atoms with Crippen molar-refractivity contribution in [2.45, 2.75) is 44.1 Å². The summed E-state index contributed by atoms with van der Waals surface area (Å²) in [5.74, 6) is -0.0885. The number of hydroxylamine groups is 1. The van der Waals surface area contributed by atoms with Crippen LogP contribution in [-0.4, -0.2) is 76.6 Å². The van der Waals surface area contributed by atoms with Crippen molar-refractivity contribution in [3.05, 3.63) is 70.3 Å². The lowest BCUT2D eigenvalue weighted by molar-refractivity contribution is -0.131. The van der Waals surface area contributed by atoms with Crippen molar-refractivity contribution in [3.8, 4) is 0 Å². The second-order valence-corrected chi connectivity index (χ2v) is 13.2. The van der Waals surface area contributed by atoms with E-state index in [9.17, 15) is 18.0 Å². The van der Waals surface area contributed by atoms with E-state index in [0.717, 1.165) is 29.7 Å². The van der Waals surface area contributed by atoms with E-state index in [0.29, 0.717) is 48.8 Å². The molecule has 2 aromatic carbocycles. The second-order valence-electron chi connectivity index (χ2n) is 11.5. The number of morpholine rings is 1. The molecule has 2 unspecified atom stereocenters. The molecule has 0 radical (unpaired) electrons. The van der Waals surface area contributed by atoms with Crippen LogP contribution >= 0.6 is 0 Å². The van der Waals surface area contributed by atoms with Gasteiger partial charge in [-0.25, -0.2) is 4.72 Å². The van der Waals surface area contributed by atoms with Gasteiger partial charge in [0, 0.05) is 49.4 Å². The fourth-order valence-electron chi connectivity index (χ4n) is 7.05. The molecule has 0 bridgehead atoms. The molecule has 1 saturated heterocycles. The summed E-state index contributed by atoms with van der Waals surface area (Å²) in [5.41, 5.74) is 5.16. The number of fused-ring (bicyclic) bond motifs is 5. The third kappa shape index (κ3) is 5.34. The lowest BCUT2D eigenvalue weighted by Crippen LogP contribution is -2.43. The largest absolute Gasteiger partial charge is 0.378 e. The van der Waals surface area contributed by atoms with E-state index in [-0.39, 0.29) is 23.4 Å². The van der Waals surface area contributed by atoms with Crippen LogP contribution in [0, 0.1) is 5.92 Å². The van der Waals surface area contributed by atoms with Crippen molar-refractivity contribution < 1.29 is 27.6 Å². The number of nitrogens with zero attached hydrogens (tertiary/aromatic N) is 3. The number of carbonyl (C=O) groups is 2. The lowest BCUT2D eigenvalue weighted by Gasteiger charge is -2.36. The number of rotatable bonds is 6. The van der Waals surface area contributed by atoms with E-state index < -0.39 is 16.1 Å². The molecule has 2 atom stereocenters. The zero-order valence-electron chi connectivity index (χ0n) is 24.1. The predicted octanol–water partition coefficient (Wildman–Crippen LogP) is 3.64. The number of amides is 2. The number of benzene rings is 2. The normalized spacial score (nSPS) is 22.6. The molecule has 3 heterocycles. The van der Waals surface area contributed by atoms with Gasteiger partial charge in [0.15, 0.2) is 0 Å². The molecule has 2 amide bonds. The smallest absolute Gasteiger partial charge is 0.326 e. The van der Waals surface area contributed by atoms with E-state index in [1.807, 2.05) is 23.1 Å². The van der Waals surface area contributed by atoms with Gasteiger partial charge in [0.05, 0.1) is 26.4 Å². The molecule has 0 spiro atoms. The van der Waals surface area contributed by atoms with E-state index in [2.05, 4.69) is 27.8 Å². The predicted molar refractivity (Wildman–Crippen MR) is 159 cm³/mol. The first kappa shape index (κ1) is 28.9. The Morgan fingerprint density at radius 3 is 2.50 bits per heavy atom. The minimum Gasteiger partial charge on any atom is -0.378 e. The van der Waals surface area contributed by atoms with Crippen LogP contribution in [0.15, 0.2) is 48.0 Å². The monoisotopic (exact) mass is 594 g/mol. The maximum atomic E-state index is 13.9. The quantitative estimate of drug-likeness (QED) is 0.509. The summed E-state index contributed by atoms with van der Waals surface area (Å²) in [5, 5.41) is 0. The molecule has 0 aromatic heterocycles. The number of carbonyl (C=O) groups excluding carboxylic acids is 2.